The molecule has 2 heterocycles. The highest BCUT2D eigenvalue weighted by molar-refractivity contribution is 7.89. The molecule has 1 saturated heterocycles. The summed E-state index contributed by atoms with van der Waals surface area (Å²) in [7, 11) is -3.46. The molecule has 0 atom stereocenters. The molecule has 0 amide bonds. The highest BCUT2D eigenvalue weighted by atomic mass is 32.2. The van der Waals surface area contributed by atoms with E-state index in [1.165, 1.54) is 4.90 Å². The van der Waals surface area contributed by atoms with Gasteiger partial charge in [-0.1, -0.05) is 41.6 Å². The highest BCUT2D eigenvalue weighted by Gasteiger charge is 2.31. The first kappa shape index (κ1) is 19.8. The summed E-state index contributed by atoms with van der Waals surface area (Å²) < 4.78 is 32.9. The summed E-state index contributed by atoms with van der Waals surface area (Å²) in [5.74, 6) is 1.15. The Morgan fingerprint density at radius 2 is 1.76 bits per heavy atom. The summed E-state index contributed by atoms with van der Waals surface area (Å²) in [6, 6.07) is 15.0. The Morgan fingerprint density at radius 1 is 1.03 bits per heavy atom. The van der Waals surface area contributed by atoms with E-state index in [0.717, 1.165) is 16.7 Å². The number of sulfonamides is 1. The van der Waals surface area contributed by atoms with Gasteiger partial charge in [0.15, 0.2) is 6.54 Å². The Labute approximate surface area is 171 Å². The van der Waals surface area contributed by atoms with E-state index < -0.39 is 10.0 Å². The van der Waals surface area contributed by atoms with E-state index in [9.17, 15) is 8.42 Å². The fraction of sp³-hybridized carbons (Fsp3) is 0.333. The third-order valence-corrected chi connectivity index (χ3v) is 7.34. The second-order valence-corrected chi connectivity index (χ2v) is 9.39. The maximum absolute atomic E-state index is 13.0. The van der Waals surface area contributed by atoms with Crippen molar-refractivity contribution in [3.8, 4) is 11.4 Å². The molecule has 0 radical (unpaired) electrons. The first-order valence-electron chi connectivity index (χ1n) is 9.72. The molecule has 8 heteroatoms. The van der Waals surface area contributed by atoms with Crippen LogP contribution in [-0.4, -0.2) is 49.0 Å². The largest absolute Gasteiger partial charge is 0.333 e. The minimum Gasteiger partial charge on any atom is -0.333 e. The third kappa shape index (κ3) is 4.24. The van der Waals surface area contributed by atoms with Gasteiger partial charge in [-0.3, -0.25) is 0 Å². The number of rotatable bonds is 5. The lowest BCUT2D eigenvalue weighted by Gasteiger charge is -2.30. The zero-order valence-electron chi connectivity index (χ0n) is 16.6. The van der Waals surface area contributed by atoms with Gasteiger partial charge in [-0.2, -0.15) is 9.29 Å². The van der Waals surface area contributed by atoms with Crippen molar-refractivity contribution in [2.24, 2.45) is 0 Å². The maximum atomic E-state index is 13.0. The van der Waals surface area contributed by atoms with Crippen molar-refractivity contribution in [1.82, 2.24) is 14.4 Å². The van der Waals surface area contributed by atoms with E-state index >= 15 is 0 Å². The average molecular weight is 414 g/mol. The summed E-state index contributed by atoms with van der Waals surface area (Å²) in [4.78, 5) is 6.08. The molecular formula is C21H25N4O3S+. The molecule has 7 nitrogen and oxygen atoms in total. The van der Waals surface area contributed by atoms with Crippen molar-refractivity contribution >= 4 is 10.0 Å². The van der Waals surface area contributed by atoms with Gasteiger partial charge in [0.2, 0.25) is 15.8 Å². The molecule has 0 aliphatic carbocycles. The van der Waals surface area contributed by atoms with Gasteiger partial charge < -0.3 is 9.42 Å². The fourth-order valence-corrected chi connectivity index (χ4v) is 5.02. The zero-order valence-corrected chi connectivity index (χ0v) is 17.4. The van der Waals surface area contributed by atoms with Gasteiger partial charge in [0.05, 0.1) is 31.1 Å². The van der Waals surface area contributed by atoms with Gasteiger partial charge in [-0.05, 0) is 37.1 Å². The third-order valence-electron chi connectivity index (χ3n) is 5.45. The Morgan fingerprint density at radius 3 is 2.45 bits per heavy atom. The molecule has 0 spiro atoms. The number of nitrogens with zero attached hydrogens (tertiary/aromatic N) is 3. The summed E-state index contributed by atoms with van der Waals surface area (Å²) in [5.41, 5.74) is 3.00. The first-order valence-corrected chi connectivity index (χ1v) is 11.2. The molecule has 0 unspecified atom stereocenters. The topological polar surface area (TPSA) is 80.7 Å². The zero-order chi connectivity index (χ0) is 20.4. The standard InChI is InChI=1S/C21H24N4O3S/c1-16-8-9-19(14-17(16)2)29(26,27)25-12-10-24(11-13-25)15-20-22-21(23-28-20)18-6-4-3-5-7-18/h3-9,14H,10-13,15H2,1-2H3/p+1. The molecule has 1 aliphatic heterocycles. The number of hydrogen-bond acceptors (Lipinski definition) is 5. The van der Waals surface area contributed by atoms with Crippen molar-refractivity contribution < 1.29 is 17.8 Å². The molecule has 2 aromatic carbocycles. The minimum absolute atomic E-state index is 0.369. The van der Waals surface area contributed by atoms with Crippen LogP contribution in [0, 0.1) is 13.8 Å². The molecule has 1 N–H and O–H groups in total. The van der Waals surface area contributed by atoms with Crippen LogP contribution in [0.3, 0.4) is 0 Å². The van der Waals surface area contributed by atoms with Crippen LogP contribution in [0.1, 0.15) is 17.0 Å². The molecule has 29 heavy (non-hydrogen) atoms. The second kappa shape index (κ2) is 8.06. The van der Waals surface area contributed by atoms with E-state index in [1.54, 1.807) is 16.4 Å². The number of benzene rings is 2. The molecule has 1 aromatic heterocycles. The molecule has 3 aromatic rings. The first-order chi connectivity index (χ1) is 13.9. The number of hydrogen-bond donors (Lipinski definition) is 1. The highest BCUT2D eigenvalue weighted by Crippen LogP contribution is 2.19. The lowest BCUT2D eigenvalue weighted by molar-refractivity contribution is -0.918. The van der Waals surface area contributed by atoms with Crippen LogP contribution in [0.2, 0.25) is 0 Å². The fourth-order valence-electron chi connectivity index (χ4n) is 3.49. The number of nitrogens with one attached hydrogen (secondary N) is 1. The summed E-state index contributed by atoms with van der Waals surface area (Å²) in [6.07, 6.45) is 0. The van der Waals surface area contributed by atoms with Gasteiger partial charge in [0.1, 0.15) is 0 Å². The molecule has 152 valence electrons. The van der Waals surface area contributed by atoms with Crippen LogP contribution in [0.5, 0.6) is 0 Å². The number of aryl methyl sites for hydroxylation is 2. The van der Waals surface area contributed by atoms with E-state index in [-0.39, 0.29) is 0 Å². The van der Waals surface area contributed by atoms with Gasteiger partial charge in [-0.25, -0.2) is 8.42 Å². The second-order valence-electron chi connectivity index (χ2n) is 7.45. The molecule has 0 bridgehead atoms. The maximum Gasteiger partial charge on any atom is 0.282 e. The van der Waals surface area contributed by atoms with Gasteiger partial charge in [-0.15, -0.1) is 0 Å². The lowest BCUT2D eigenvalue weighted by atomic mass is 10.1. The van der Waals surface area contributed by atoms with Crippen LogP contribution in [0.15, 0.2) is 57.9 Å². The lowest BCUT2D eigenvalue weighted by Crippen LogP contribution is -3.13. The predicted molar refractivity (Wildman–Crippen MR) is 109 cm³/mol. The number of piperazine rings is 1. The normalized spacial score (nSPS) is 16.2. The minimum atomic E-state index is -3.46. The quantitative estimate of drug-likeness (QED) is 0.685. The van der Waals surface area contributed by atoms with Crippen molar-refractivity contribution in [2.75, 3.05) is 26.2 Å². The number of aromatic nitrogens is 2. The van der Waals surface area contributed by atoms with Crippen molar-refractivity contribution in [3.05, 3.63) is 65.5 Å². The molecular weight excluding hydrogens is 388 g/mol. The Kier molecular flexibility index (Phi) is 5.49. The van der Waals surface area contributed by atoms with Crippen LogP contribution < -0.4 is 4.90 Å². The number of quaternary nitrogens is 1. The van der Waals surface area contributed by atoms with Gasteiger partial charge in [0, 0.05) is 5.56 Å². The Bertz CT molecular complexity index is 1090. The molecule has 1 aliphatic rings. The van der Waals surface area contributed by atoms with E-state index in [1.807, 2.05) is 50.2 Å². The average Bonchev–Trinajstić information content (AvgIpc) is 3.19. The van der Waals surface area contributed by atoms with Crippen molar-refractivity contribution in [3.63, 3.8) is 0 Å². The van der Waals surface area contributed by atoms with Crippen LogP contribution >= 0.6 is 0 Å². The van der Waals surface area contributed by atoms with Crippen molar-refractivity contribution in [1.29, 1.82) is 0 Å². The van der Waals surface area contributed by atoms with Crippen LogP contribution in [0.4, 0.5) is 0 Å². The van der Waals surface area contributed by atoms with Crippen molar-refractivity contribution in [2.45, 2.75) is 25.3 Å². The molecule has 1 fully saturated rings. The Balaban J connectivity index is 1.38. The molecule has 0 saturated carbocycles. The molecule has 4 rings (SSSR count). The van der Waals surface area contributed by atoms with Crippen LogP contribution in [0.25, 0.3) is 11.4 Å². The Hall–Kier alpha value is -2.55. The van der Waals surface area contributed by atoms with Crippen LogP contribution in [-0.2, 0) is 16.6 Å². The van der Waals surface area contributed by atoms with E-state index in [0.29, 0.717) is 49.3 Å². The SMILES string of the molecule is Cc1ccc(S(=O)(=O)N2CC[NH+](Cc3nc(-c4ccccc4)no3)CC2)cc1C. The monoisotopic (exact) mass is 413 g/mol. The smallest absolute Gasteiger partial charge is 0.282 e. The summed E-state index contributed by atoms with van der Waals surface area (Å²) >= 11 is 0. The van der Waals surface area contributed by atoms with Gasteiger partial charge in [0.25, 0.3) is 5.89 Å². The van der Waals surface area contributed by atoms with Gasteiger partial charge >= 0.3 is 0 Å². The summed E-state index contributed by atoms with van der Waals surface area (Å²) in [5, 5.41) is 4.06. The van der Waals surface area contributed by atoms with E-state index in [2.05, 4.69) is 10.1 Å². The summed E-state index contributed by atoms with van der Waals surface area (Å²) in [6.45, 7) is 6.87. The van der Waals surface area contributed by atoms with E-state index in [4.69, 9.17) is 4.52 Å². The predicted octanol–water partition coefficient (Wildman–Crippen LogP) is 1.44.